The van der Waals surface area contributed by atoms with Crippen LogP contribution in [0.5, 0.6) is 6.01 Å². The van der Waals surface area contributed by atoms with Gasteiger partial charge in [0.25, 0.3) is 0 Å². The predicted octanol–water partition coefficient (Wildman–Crippen LogP) is 2.72. The normalized spacial score (nSPS) is 11.4. The zero-order valence-corrected chi connectivity index (χ0v) is 11.4. The standard InChI is InChI=1S/C14H13N3O3/c1-7(2)11-10-12-8(5-15-14(16-12)19-3)4-9(6-18)13(10)20-17-11/h4-7H,1-3H3. The highest BCUT2D eigenvalue weighted by molar-refractivity contribution is 6.10. The fraction of sp³-hybridized carbons (Fsp3) is 0.286. The quantitative estimate of drug-likeness (QED) is 0.681. The van der Waals surface area contributed by atoms with Crippen LogP contribution in [0.25, 0.3) is 21.9 Å². The Morgan fingerprint density at radius 3 is 2.85 bits per heavy atom. The highest BCUT2D eigenvalue weighted by Gasteiger charge is 2.19. The Kier molecular flexibility index (Phi) is 2.85. The largest absolute Gasteiger partial charge is 0.467 e. The molecule has 0 atom stereocenters. The average Bonchev–Trinajstić information content (AvgIpc) is 2.91. The van der Waals surface area contributed by atoms with E-state index in [-0.39, 0.29) is 11.9 Å². The van der Waals surface area contributed by atoms with Crippen molar-refractivity contribution in [3.8, 4) is 6.01 Å². The molecule has 2 heterocycles. The number of carbonyl (C=O) groups excluding carboxylic acids is 1. The highest BCUT2D eigenvalue weighted by Crippen LogP contribution is 2.33. The number of nitrogens with zero attached hydrogens (tertiary/aromatic N) is 3. The summed E-state index contributed by atoms with van der Waals surface area (Å²) in [5, 5.41) is 5.58. The molecule has 3 rings (SSSR count). The lowest BCUT2D eigenvalue weighted by Gasteiger charge is -2.05. The molecule has 0 unspecified atom stereocenters. The predicted molar refractivity (Wildman–Crippen MR) is 73.1 cm³/mol. The molecule has 0 aliphatic rings. The van der Waals surface area contributed by atoms with Crippen LogP contribution in [0.1, 0.15) is 35.8 Å². The topological polar surface area (TPSA) is 78.1 Å². The molecule has 0 bridgehead atoms. The molecule has 20 heavy (non-hydrogen) atoms. The van der Waals surface area contributed by atoms with E-state index in [9.17, 15) is 4.79 Å². The first-order valence-electron chi connectivity index (χ1n) is 6.24. The summed E-state index contributed by atoms with van der Waals surface area (Å²) < 4.78 is 10.4. The van der Waals surface area contributed by atoms with Gasteiger partial charge in [0.15, 0.2) is 11.9 Å². The van der Waals surface area contributed by atoms with E-state index in [1.807, 2.05) is 13.8 Å². The van der Waals surface area contributed by atoms with Crippen molar-refractivity contribution >= 4 is 28.2 Å². The van der Waals surface area contributed by atoms with Crippen LogP contribution in [0, 0.1) is 0 Å². The van der Waals surface area contributed by atoms with Crippen molar-refractivity contribution in [3.63, 3.8) is 0 Å². The maximum atomic E-state index is 11.2. The fourth-order valence-corrected chi connectivity index (χ4v) is 2.22. The van der Waals surface area contributed by atoms with Crippen molar-refractivity contribution in [2.75, 3.05) is 7.11 Å². The second kappa shape index (κ2) is 4.56. The van der Waals surface area contributed by atoms with Crippen LogP contribution in [0.4, 0.5) is 0 Å². The molecule has 0 aliphatic carbocycles. The number of methoxy groups -OCH3 is 1. The van der Waals surface area contributed by atoms with Gasteiger partial charge in [-0.1, -0.05) is 19.0 Å². The van der Waals surface area contributed by atoms with E-state index < -0.39 is 0 Å². The Morgan fingerprint density at radius 1 is 1.40 bits per heavy atom. The van der Waals surface area contributed by atoms with Crippen LogP contribution in [0.3, 0.4) is 0 Å². The van der Waals surface area contributed by atoms with Gasteiger partial charge < -0.3 is 9.26 Å². The molecule has 0 aliphatic heterocycles. The third kappa shape index (κ3) is 1.72. The van der Waals surface area contributed by atoms with Gasteiger partial charge in [0.1, 0.15) is 0 Å². The summed E-state index contributed by atoms with van der Waals surface area (Å²) in [4.78, 5) is 19.6. The van der Waals surface area contributed by atoms with Gasteiger partial charge in [-0.25, -0.2) is 4.98 Å². The number of hydrogen-bond donors (Lipinski definition) is 0. The lowest BCUT2D eigenvalue weighted by atomic mass is 10.0. The SMILES string of the molecule is COc1ncc2cc(C=O)c3onc(C(C)C)c3c2n1. The maximum absolute atomic E-state index is 11.2. The van der Waals surface area contributed by atoms with Gasteiger partial charge in [-0.3, -0.25) is 4.79 Å². The van der Waals surface area contributed by atoms with E-state index in [1.165, 1.54) is 7.11 Å². The number of rotatable bonds is 3. The lowest BCUT2D eigenvalue weighted by Crippen LogP contribution is -1.95. The molecule has 0 spiro atoms. The average molecular weight is 271 g/mol. The molecule has 6 nitrogen and oxygen atoms in total. The molecule has 0 amide bonds. The van der Waals surface area contributed by atoms with Crippen molar-refractivity contribution in [2.45, 2.75) is 19.8 Å². The molecule has 2 aromatic heterocycles. The number of benzene rings is 1. The van der Waals surface area contributed by atoms with Gasteiger partial charge in [-0.2, -0.15) is 4.98 Å². The molecular formula is C14H13N3O3. The van der Waals surface area contributed by atoms with Crippen LogP contribution in [0.2, 0.25) is 0 Å². The number of fused-ring (bicyclic) bond motifs is 3. The summed E-state index contributed by atoms with van der Waals surface area (Å²) >= 11 is 0. The summed E-state index contributed by atoms with van der Waals surface area (Å²) in [6.07, 6.45) is 2.38. The zero-order chi connectivity index (χ0) is 14.3. The summed E-state index contributed by atoms with van der Waals surface area (Å²) in [6, 6.07) is 1.97. The Balaban J connectivity index is 2.51. The number of hydrogen-bond acceptors (Lipinski definition) is 6. The van der Waals surface area contributed by atoms with Crippen molar-refractivity contribution in [1.29, 1.82) is 0 Å². The van der Waals surface area contributed by atoms with Crippen LogP contribution in [-0.2, 0) is 0 Å². The molecule has 102 valence electrons. The summed E-state index contributed by atoms with van der Waals surface area (Å²) in [6.45, 7) is 4.02. The van der Waals surface area contributed by atoms with Crippen LogP contribution < -0.4 is 4.74 Å². The molecular weight excluding hydrogens is 258 g/mol. The maximum Gasteiger partial charge on any atom is 0.316 e. The molecule has 0 fully saturated rings. The second-order valence-electron chi connectivity index (χ2n) is 4.80. The molecule has 3 aromatic rings. The minimum atomic E-state index is 0.155. The first kappa shape index (κ1) is 12.5. The van der Waals surface area contributed by atoms with E-state index in [1.54, 1.807) is 12.3 Å². The van der Waals surface area contributed by atoms with E-state index >= 15 is 0 Å². The Morgan fingerprint density at radius 2 is 2.20 bits per heavy atom. The highest BCUT2D eigenvalue weighted by atomic mass is 16.5. The number of aromatic nitrogens is 3. The monoisotopic (exact) mass is 271 g/mol. The molecule has 0 saturated carbocycles. The van der Waals surface area contributed by atoms with E-state index in [2.05, 4.69) is 15.1 Å². The molecule has 0 saturated heterocycles. The van der Waals surface area contributed by atoms with Crippen molar-refractivity contribution in [2.24, 2.45) is 0 Å². The van der Waals surface area contributed by atoms with Gasteiger partial charge >= 0.3 is 6.01 Å². The number of aldehydes is 1. The van der Waals surface area contributed by atoms with Crippen molar-refractivity contribution in [1.82, 2.24) is 15.1 Å². The van der Waals surface area contributed by atoms with Gasteiger partial charge in [-0.15, -0.1) is 0 Å². The van der Waals surface area contributed by atoms with Crippen LogP contribution >= 0.6 is 0 Å². The van der Waals surface area contributed by atoms with E-state index in [0.717, 1.165) is 22.8 Å². The lowest BCUT2D eigenvalue weighted by molar-refractivity contribution is 0.112. The zero-order valence-electron chi connectivity index (χ0n) is 11.4. The number of ether oxygens (including phenoxy) is 1. The minimum absolute atomic E-state index is 0.155. The Labute approximate surface area is 114 Å². The third-order valence-corrected chi connectivity index (χ3v) is 3.18. The van der Waals surface area contributed by atoms with Gasteiger partial charge in [0.05, 0.1) is 29.3 Å². The van der Waals surface area contributed by atoms with Gasteiger partial charge in [0.2, 0.25) is 0 Å². The van der Waals surface area contributed by atoms with Crippen molar-refractivity contribution in [3.05, 3.63) is 23.5 Å². The first-order valence-corrected chi connectivity index (χ1v) is 6.24. The molecule has 6 heteroatoms. The third-order valence-electron chi connectivity index (χ3n) is 3.18. The van der Waals surface area contributed by atoms with Crippen molar-refractivity contribution < 1.29 is 14.1 Å². The van der Waals surface area contributed by atoms with E-state index in [0.29, 0.717) is 16.7 Å². The summed E-state index contributed by atoms with van der Waals surface area (Å²) in [7, 11) is 1.51. The summed E-state index contributed by atoms with van der Waals surface area (Å²) in [5.41, 5.74) is 2.36. The van der Waals surface area contributed by atoms with Gasteiger partial charge in [0, 0.05) is 11.6 Å². The smallest absolute Gasteiger partial charge is 0.316 e. The minimum Gasteiger partial charge on any atom is -0.467 e. The Bertz CT molecular complexity index is 808. The van der Waals surface area contributed by atoms with Gasteiger partial charge in [-0.05, 0) is 12.0 Å². The fourth-order valence-electron chi connectivity index (χ4n) is 2.22. The second-order valence-corrected chi connectivity index (χ2v) is 4.80. The Hall–Kier alpha value is -2.50. The van der Waals surface area contributed by atoms with E-state index in [4.69, 9.17) is 9.26 Å². The van der Waals surface area contributed by atoms with Crippen LogP contribution in [-0.4, -0.2) is 28.5 Å². The molecule has 0 radical (unpaired) electrons. The summed E-state index contributed by atoms with van der Waals surface area (Å²) in [5.74, 6) is 0.155. The number of carbonyl (C=O) groups is 1. The van der Waals surface area contributed by atoms with Crippen LogP contribution in [0.15, 0.2) is 16.8 Å². The first-order chi connectivity index (χ1) is 9.65. The molecule has 0 N–H and O–H groups in total. The molecule has 1 aromatic carbocycles.